The minimum atomic E-state index is -4.05. The molecule has 4 aromatic rings. The van der Waals surface area contributed by atoms with E-state index in [1.165, 1.54) is 0 Å². The number of para-hydroxylation sites is 2. The molecule has 0 heterocycles. The van der Waals surface area contributed by atoms with Gasteiger partial charge in [-0.15, -0.1) is 0 Å². The van der Waals surface area contributed by atoms with Gasteiger partial charge in [0.2, 0.25) is 5.91 Å². The van der Waals surface area contributed by atoms with E-state index in [1.54, 1.807) is 54.6 Å². The third kappa shape index (κ3) is 4.89. The van der Waals surface area contributed by atoms with E-state index in [-0.39, 0.29) is 4.90 Å². The van der Waals surface area contributed by atoms with Gasteiger partial charge in [0.25, 0.3) is 10.0 Å². The summed E-state index contributed by atoms with van der Waals surface area (Å²) in [6, 6.07) is 26.7. The molecule has 1 amide bonds. The van der Waals surface area contributed by atoms with Crippen molar-refractivity contribution in [1.29, 1.82) is 0 Å². The molecule has 0 aromatic heterocycles. The van der Waals surface area contributed by atoms with Gasteiger partial charge in [-0.25, -0.2) is 8.42 Å². The topological polar surface area (TPSA) is 75.7 Å². The summed E-state index contributed by atoms with van der Waals surface area (Å²) in [4.78, 5) is 13.3. The fraction of sp³-hybridized carbons (Fsp3) is 0.148. The first-order valence-electron chi connectivity index (χ1n) is 11.0. The summed E-state index contributed by atoms with van der Waals surface area (Å²) in [5.41, 5.74) is 1.86. The number of benzene rings is 4. The van der Waals surface area contributed by atoms with Crippen LogP contribution in [0.25, 0.3) is 10.8 Å². The van der Waals surface area contributed by atoms with Crippen molar-refractivity contribution in [3.63, 3.8) is 0 Å². The SMILES string of the molecule is CCOc1ccccc1N(CC(=O)Nc1cccc2ccccc12)S(=O)(=O)c1ccc(C)cc1. The van der Waals surface area contributed by atoms with Crippen molar-refractivity contribution in [2.75, 3.05) is 22.8 Å². The number of rotatable bonds is 8. The second-order valence-electron chi connectivity index (χ2n) is 7.80. The number of aryl methyl sites for hydroxylation is 1. The van der Waals surface area contributed by atoms with Crippen LogP contribution in [0.5, 0.6) is 5.75 Å². The summed E-state index contributed by atoms with van der Waals surface area (Å²) in [6.45, 7) is 3.65. The van der Waals surface area contributed by atoms with Crippen LogP contribution in [0.4, 0.5) is 11.4 Å². The van der Waals surface area contributed by atoms with Gasteiger partial charge < -0.3 is 10.1 Å². The van der Waals surface area contributed by atoms with Crippen LogP contribution in [0.3, 0.4) is 0 Å². The Morgan fingerprint density at radius 3 is 2.32 bits per heavy atom. The van der Waals surface area contributed by atoms with Crippen molar-refractivity contribution in [3.05, 3.63) is 96.6 Å². The van der Waals surface area contributed by atoms with Crippen molar-refractivity contribution >= 4 is 38.1 Å². The second-order valence-corrected chi connectivity index (χ2v) is 9.66. The minimum Gasteiger partial charge on any atom is -0.492 e. The Balaban J connectivity index is 1.72. The van der Waals surface area contributed by atoms with E-state index in [9.17, 15) is 13.2 Å². The highest BCUT2D eigenvalue weighted by Gasteiger charge is 2.29. The molecule has 0 aliphatic heterocycles. The number of ether oxygens (including phenoxy) is 1. The third-order valence-electron chi connectivity index (χ3n) is 5.39. The Hall–Kier alpha value is -3.84. The largest absolute Gasteiger partial charge is 0.492 e. The second kappa shape index (κ2) is 9.97. The number of sulfonamides is 1. The van der Waals surface area contributed by atoms with Gasteiger partial charge >= 0.3 is 0 Å². The van der Waals surface area contributed by atoms with Gasteiger partial charge in [0.15, 0.2) is 0 Å². The highest BCUT2D eigenvalue weighted by molar-refractivity contribution is 7.92. The first-order chi connectivity index (χ1) is 16.4. The van der Waals surface area contributed by atoms with Crippen LogP contribution < -0.4 is 14.4 Å². The lowest BCUT2D eigenvalue weighted by atomic mass is 10.1. The predicted octanol–water partition coefficient (Wildman–Crippen LogP) is 5.38. The first-order valence-corrected chi connectivity index (χ1v) is 12.4. The fourth-order valence-electron chi connectivity index (χ4n) is 3.73. The van der Waals surface area contributed by atoms with Crippen LogP contribution in [-0.2, 0) is 14.8 Å². The zero-order valence-electron chi connectivity index (χ0n) is 19.1. The van der Waals surface area contributed by atoms with E-state index in [0.717, 1.165) is 20.6 Å². The van der Waals surface area contributed by atoms with Crippen molar-refractivity contribution in [2.24, 2.45) is 0 Å². The molecule has 0 radical (unpaired) electrons. The molecule has 0 saturated heterocycles. The zero-order chi connectivity index (χ0) is 24.1. The van der Waals surface area contributed by atoms with Crippen LogP contribution >= 0.6 is 0 Å². The van der Waals surface area contributed by atoms with Crippen LogP contribution in [0.15, 0.2) is 95.9 Å². The summed E-state index contributed by atoms with van der Waals surface area (Å²) in [7, 11) is -4.05. The summed E-state index contributed by atoms with van der Waals surface area (Å²) < 4.78 is 34.2. The van der Waals surface area contributed by atoms with Gasteiger partial charge in [-0.3, -0.25) is 9.10 Å². The van der Waals surface area contributed by atoms with Crippen LogP contribution in [0.2, 0.25) is 0 Å². The molecular formula is C27H26N2O4S. The standard InChI is InChI=1S/C27H26N2O4S/c1-3-33-26-14-7-6-13-25(26)29(34(31,32)22-17-15-20(2)16-18-22)19-27(30)28-24-12-8-10-21-9-4-5-11-23(21)24/h4-18H,3,19H2,1-2H3,(H,28,30). The van der Waals surface area contributed by atoms with E-state index >= 15 is 0 Å². The summed E-state index contributed by atoms with van der Waals surface area (Å²) in [5.74, 6) is -0.0722. The molecule has 0 aliphatic rings. The van der Waals surface area contributed by atoms with Gasteiger partial charge in [-0.1, -0.05) is 66.2 Å². The molecule has 7 heteroatoms. The number of hydrogen-bond donors (Lipinski definition) is 1. The quantitative estimate of drug-likeness (QED) is 0.372. The zero-order valence-corrected chi connectivity index (χ0v) is 19.9. The molecule has 1 N–H and O–H groups in total. The molecule has 4 aromatic carbocycles. The Labute approximate surface area is 199 Å². The molecule has 6 nitrogen and oxygen atoms in total. The van der Waals surface area contributed by atoms with E-state index in [0.29, 0.717) is 23.7 Å². The van der Waals surface area contributed by atoms with Gasteiger partial charge in [0.1, 0.15) is 12.3 Å². The lowest BCUT2D eigenvalue weighted by Crippen LogP contribution is -2.38. The number of nitrogens with zero attached hydrogens (tertiary/aromatic N) is 1. The lowest BCUT2D eigenvalue weighted by molar-refractivity contribution is -0.114. The number of fused-ring (bicyclic) bond motifs is 1. The molecule has 0 atom stereocenters. The van der Waals surface area contributed by atoms with Crippen molar-refractivity contribution < 1.29 is 17.9 Å². The van der Waals surface area contributed by atoms with Gasteiger partial charge in [-0.05, 0) is 49.6 Å². The number of anilines is 2. The highest BCUT2D eigenvalue weighted by Crippen LogP contribution is 2.33. The van der Waals surface area contributed by atoms with E-state index in [2.05, 4.69) is 5.32 Å². The average molecular weight is 475 g/mol. The van der Waals surface area contributed by atoms with Crippen LogP contribution in [0.1, 0.15) is 12.5 Å². The Bertz CT molecular complexity index is 1410. The average Bonchev–Trinajstić information content (AvgIpc) is 2.84. The number of hydrogen-bond acceptors (Lipinski definition) is 4. The monoisotopic (exact) mass is 474 g/mol. The molecule has 0 spiro atoms. The Morgan fingerprint density at radius 1 is 0.882 bits per heavy atom. The smallest absolute Gasteiger partial charge is 0.264 e. The molecular weight excluding hydrogens is 448 g/mol. The number of nitrogens with one attached hydrogen (secondary N) is 1. The van der Waals surface area contributed by atoms with Gasteiger partial charge in [0.05, 0.1) is 17.2 Å². The maximum atomic E-state index is 13.7. The third-order valence-corrected chi connectivity index (χ3v) is 7.17. The fourth-order valence-corrected chi connectivity index (χ4v) is 5.16. The lowest BCUT2D eigenvalue weighted by Gasteiger charge is -2.26. The molecule has 0 fully saturated rings. The maximum Gasteiger partial charge on any atom is 0.264 e. The number of carbonyl (C=O) groups excluding carboxylic acids is 1. The molecule has 0 saturated carbocycles. The van der Waals surface area contributed by atoms with Crippen LogP contribution in [0, 0.1) is 6.92 Å². The predicted molar refractivity (Wildman–Crippen MR) is 136 cm³/mol. The van der Waals surface area contributed by atoms with Gasteiger partial charge in [-0.2, -0.15) is 0 Å². The first kappa shape index (κ1) is 23.3. The molecule has 0 unspecified atom stereocenters. The summed E-state index contributed by atoms with van der Waals surface area (Å²) in [5, 5.41) is 4.74. The maximum absolute atomic E-state index is 13.7. The van der Waals surface area contributed by atoms with E-state index < -0.39 is 22.5 Å². The number of amides is 1. The number of carbonyl (C=O) groups is 1. The van der Waals surface area contributed by atoms with Crippen molar-refractivity contribution in [1.82, 2.24) is 0 Å². The molecule has 0 bridgehead atoms. The normalized spacial score (nSPS) is 11.2. The molecule has 4 rings (SSSR count). The van der Waals surface area contributed by atoms with Gasteiger partial charge in [0, 0.05) is 11.1 Å². The molecule has 0 aliphatic carbocycles. The van der Waals surface area contributed by atoms with E-state index in [1.807, 2.05) is 50.2 Å². The van der Waals surface area contributed by atoms with Crippen LogP contribution in [-0.4, -0.2) is 27.5 Å². The summed E-state index contributed by atoms with van der Waals surface area (Å²) in [6.07, 6.45) is 0. The van der Waals surface area contributed by atoms with Crippen molar-refractivity contribution in [2.45, 2.75) is 18.7 Å². The Kier molecular flexibility index (Phi) is 6.84. The molecule has 34 heavy (non-hydrogen) atoms. The van der Waals surface area contributed by atoms with E-state index in [4.69, 9.17) is 4.74 Å². The molecule has 174 valence electrons. The van der Waals surface area contributed by atoms with Crippen molar-refractivity contribution in [3.8, 4) is 5.75 Å². The highest BCUT2D eigenvalue weighted by atomic mass is 32.2. The summed E-state index contributed by atoms with van der Waals surface area (Å²) >= 11 is 0. The Morgan fingerprint density at radius 2 is 1.56 bits per heavy atom. The minimum absolute atomic E-state index is 0.0994.